The highest BCUT2D eigenvalue weighted by Gasteiger charge is 2.17. The maximum absolute atomic E-state index is 7.00. The Labute approximate surface area is 64.5 Å². The monoisotopic (exact) mass is 144 g/mol. The number of rotatable bonds is 1. The van der Waals surface area contributed by atoms with Gasteiger partial charge in [-0.3, -0.25) is 0 Å². The van der Waals surface area contributed by atoms with Gasteiger partial charge in [0.15, 0.2) is 0 Å². The van der Waals surface area contributed by atoms with Crippen LogP contribution < -0.4 is 0 Å². The summed E-state index contributed by atoms with van der Waals surface area (Å²) in [5, 5.41) is 7.00. The van der Waals surface area contributed by atoms with Crippen LogP contribution in [0.4, 0.5) is 0 Å². The fourth-order valence-corrected chi connectivity index (χ4v) is 0.526. The van der Waals surface area contributed by atoms with E-state index >= 15 is 0 Å². The lowest BCUT2D eigenvalue weighted by Crippen LogP contribution is -1.59. The zero-order valence-electron chi connectivity index (χ0n) is 7.27. The second-order valence-corrected chi connectivity index (χ2v) is 2.91. The van der Waals surface area contributed by atoms with E-state index in [-0.39, 0.29) is 0 Å². The Morgan fingerprint density at radius 3 is 1.50 bits per heavy atom. The Bertz CT molecular complexity index is 53.0. The minimum Gasteiger partial charge on any atom is -0.400 e. The number of hydrogen-bond acceptors (Lipinski definition) is 1. The number of aliphatic hydroxyl groups excluding tert-OH is 1. The van der Waals surface area contributed by atoms with Crippen molar-refractivity contribution in [1.82, 2.24) is 0 Å². The van der Waals surface area contributed by atoms with Crippen molar-refractivity contribution in [2.75, 3.05) is 7.11 Å². The van der Waals surface area contributed by atoms with Gasteiger partial charge in [0.25, 0.3) is 0 Å². The van der Waals surface area contributed by atoms with Crippen LogP contribution in [0.2, 0.25) is 0 Å². The predicted molar refractivity (Wildman–Crippen MR) is 45.0 cm³/mol. The molecule has 0 aromatic carbocycles. The highest BCUT2D eigenvalue weighted by molar-refractivity contribution is 4.69. The fraction of sp³-hybridized carbons (Fsp3) is 1.00. The molecule has 0 atom stereocenters. The largest absolute Gasteiger partial charge is 0.400 e. The second kappa shape index (κ2) is 7.07. The molecular formula is C9H20O. The van der Waals surface area contributed by atoms with Gasteiger partial charge in [0, 0.05) is 7.11 Å². The lowest BCUT2D eigenvalue weighted by atomic mass is 10.3. The molecule has 0 unspecified atom stereocenters. The Morgan fingerprint density at radius 2 is 1.50 bits per heavy atom. The molecule has 10 heavy (non-hydrogen) atoms. The van der Waals surface area contributed by atoms with Gasteiger partial charge in [-0.2, -0.15) is 0 Å². The van der Waals surface area contributed by atoms with E-state index in [0.717, 1.165) is 13.0 Å². The molecule has 0 bridgehead atoms. The van der Waals surface area contributed by atoms with E-state index in [4.69, 9.17) is 5.11 Å². The smallest absolute Gasteiger partial charge is 0.0319 e. The van der Waals surface area contributed by atoms with Crippen molar-refractivity contribution in [3.8, 4) is 0 Å². The van der Waals surface area contributed by atoms with Gasteiger partial charge in [-0.1, -0.05) is 45.4 Å². The van der Waals surface area contributed by atoms with E-state index in [9.17, 15) is 0 Å². The number of aliphatic hydroxyl groups is 1. The van der Waals surface area contributed by atoms with Gasteiger partial charge >= 0.3 is 0 Å². The summed E-state index contributed by atoms with van der Waals surface area (Å²) in [6.45, 7) is 2.26. The molecule has 1 N–H and O–H groups in total. The van der Waals surface area contributed by atoms with Crippen LogP contribution >= 0.6 is 0 Å². The normalized spacial score (nSPS) is 19.5. The van der Waals surface area contributed by atoms with Gasteiger partial charge < -0.3 is 5.11 Å². The molecule has 1 nitrogen and oxygen atoms in total. The molecule has 0 heterocycles. The molecule has 2 rings (SSSR count). The third kappa shape index (κ3) is 10.9. The molecule has 0 spiro atoms. The molecule has 0 radical (unpaired) electrons. The molecule has 0 aliphatic heterocycles. The first-order valence-electron chi connectivity index (χ1n) is 4.38. The van der Waals surface area contributed by atoms with E-state index in [0.29, 0.717) is 0 Å². The summed E-state index contributed by atoms with van der Waals surface area (Å²) in [6.07, 6.45) is 8.94. The Kier molecular flexibility index (Phi) is 7.04. The van der Waals surface area contributed by atoms with Crippen LogP contribution in [0.15, 0.2) is 0 Å². The Hall–Kier alpha value is -0.0400. The fourth-order valence-electron chi connectivity index (χ4n) is 0.526. The molecule has 2 saturated carbocycles. The molecule has 2 aliphatic rings. The SMILES string of the molecule is C1CC1.CCC1CC1.CO. The molecule has 2 fully saturated rings. The topological polar surface area (TPSA) is 20.2 Å². The van der Waals surface area contributed by atoms with Crippen LogP contribution in [0.5, 0.6) is 0 Å². The molecular weight excluding hydrogens is 124 g/mol. The summed E-state index contributed by atoms with van der Waals surface area (Å²) < 4.78 is 0. The molecule has 62 valence electrons. The van der Waals surface area contributed by atoms with Crippen molar-refractivity contribution in [2.24, 2.45) is 5.92 Å². The zero-order valence-corrected chi connectivity index (χ0v) is 7.27. The molecule has 0 saturated heterocycles. The van der Waals surface area contributed by atoms with Crippen molar-refractivity contribution in [3.05, 3.63) is 0 Å². The first-order chi connectivity index (χ1) is 4.93. The highest BCUT2D eigenvalue weighted by Crippen LogP contribution is 2.31. The quantitative estimate of drug-likeness (QED) is 0.599. The lowest BCUT2D eigenvalue weighted by Gasteiger charge is -1.72. The van der Waals surface area contributed by atoms with Gasteiger partial charge in [0.2, 0.25) is 0 Å². The van der Waals surface area contributed by atoms with Crippen LogP contribution in [0.3, 0.4) is 0 Å². The van der Waals surface area contributed by atoms with Gasteiger partial charge in [0.05, 0.1) is 0 Å². The minimum absolute atomic E-state index is 1.00. The van der Waals surface area contributed by atoms with Gasteiger partial charge in [-0.05, 0) is 5.92 Å². The molecule has 0 amide bonds. The standard InChI is InChI=1S/C5H10.C3H6.CH4O/c1-2-5-3-4-5;1-2-3-1;1-2/h5H,2-4H2,1H3;1-3H2;2H,1H3. The summed E-state index contributed by atoms with van der Waals surface area (Å²) in [7, 11) is 1.00. The third-order valence-corrected chi connectivity index (χ3v) is 1.63. The lowest BCUT2D eigenvalue weighted by molar-refractivity contribution is 0.399. The van der Waals surface area contributed by atoms with E-state index in [1.807, 2.05) is 0 Å². The molecule has 2 aliphatic carbocycles. The summed E-state index contributed by atoms with van der Waals surface area (Å²) in [5.74, 6) is 1.13. The third-order valence-electron chi connectivity index (χ3n) is 1.63. The summed E-state index contributed by atoms with van der Waals surface area (Å²) in [6, 6.07) is 0. The summed E-state index contributed by atoms with van der Waals surface area (Å²) in [4.78, 5) is 0. The first kappa shape index (κ1) is 9.96. The zero-order chi connectivity index (χ0) is 7.82. The second-order valence-electron chi connectivity index (χ2n) is 2.91. The van der Waals surface area contributed by atoms with Crippen LogP contribution in [0.25, 0.3) is 0 Å². The average Bonchev–Trinajstić information content (AvgIpc) is 2.86. The van der Waals surface area contributed by atoms with Crippen molar-refractivity contribution in [1.29, 1.82) is 0 Å². The van der Waals surface area contributed by atoms with Crippen molar-refractivity contribution in [3.63, 3.8) is 0 Å². The average molecular weight is 144 g/mol. The van der Waals surface area contributed by atoms with Crippen molar-refractivity contribution >= 4 is 0 Å². The molecule has 0 aromatic heterocycles. The first-order valence-corrected chi connectivity index (χ1v) is 4.38. The Balaban J connectivity index is 0.000000140. The van der Waals surface area contributed by atoms with Gasteiger partial charge in [-0.25, -0.2) is 0 Å². The summed E-state index contributed by atoms with van der Waals surface area (Å²) in [5.41, 5.74) is 0. The highest BCUT2D eigenvalue weighted by atomic mass is 16.2. The maximum atomic E-state index is 7.00. The van der Waals surface area contributed by atoms with E-state index in [1.54, 1.807) is 0 Å². The van der Waals surface area contributed by atoms with Gasteiger partial charge in [-0.15, -0.1) is 0 Å². The molecule has 1 heteroatoms. The van der Waals surface area contributed by atoms with Gasteiger partial charge in [0.1, 0.15) is 0 Å². The van der Waals surface area contributed by atoms with Crippen molar-refractivity contribution < 1.29 is 5.11 Å². The predicted octanol–water partition coefficient (Wildman–Crippen LogP) is 2.59. The van der Waals surface area contributed by atoms with E-state index in [1.165, 1.54) is 38.5 Å². The minimum atomic E-state index is 1.00. The van der Waals surface area contributed by atoms with Crippen LogP contribution in [0, 0.1) is 5.92 Å². The Morgan fingerprint density at radius 1 is 1.10 bits per heavy atom. The van der Waals surface area contributed by atoms with Crippen LogP contribution in [0.1, 0.15) is 45.4 Å². The van der Waals surface area contributed by atoms with Crippen LogP contribution in [-0.2, 0) is 0 Å². The summed E-state index contributed by atoms with van der Waals surface area (Å²) >= 11 is 0. The van der Waals surface area contributed by atoms with E-state index in [2.05, 4.69) is 6.92 Å². The number of hydrogen-bond donors (Lipinski definition) is 1. The van der Waals surface area contributed by atoms with E-state index < -0.39 is 0 Å². The van der Waals surface area contributed by atoms with Crippen molar-refractivity contribution in [2.45, 2.75) is 45.4 Å². The van der Waals surface area contributed by atoms with Crippen LogP contribution in [-0.4, -0.2) is 12.2 Å². The maximum Gasteiger partial charge on any atom is 0.0319 e. The molecule has 0 aromatic rings.